The van der Waals surface area contributed by atoms with Crippen molar-refractivity contribution < 1.29 is 4.79 Å². The SMILES string of the molecule is Cc1nc(C)c(C(C)NC(=O)c2cc(C3CC3)nc3c2c(C)nn3C)s1. The highest BCUT2D eigenvalue weighted by atomic mass is 32.1. The zero-order valence-corrected chi connectivity index (χ0v) is 16.6. The summed E-state index contributed by atoms with van der Waals surface area (Å²) in [6.07, 6.45) is 2.29. The van der Waals surface area contributed by atoms with Gasteiger partial charge in [0, 0.05) is 23.5 Å². The Balaban J connectivity index is 1.73. The van der Waals surface area contributed by atoms with Crippen molar-refractivity contribution in [2.75, 3.05) is 0 Å². The van der Waals surface area contributed by atoms with Crippen LogP contribution < -0.4 is 5.32 Å². The molecule has 4 rings (SSSR count). The van der Waals surface area contributed by atoms with Crippen LogP contribution in [0.3, 0.4) is 0 Å². The predicted octanol–water partition coefficient (Wildman–Crippen LogP) is 3.72. The maximum Gasteiger partial charge on any atom is 0.252 e. The number of fused-ring (bicyclic) bond motifs is 1. The number of nitrogens with zero attached hydrogens (tertiary/aromatic N) is 4. The van der Waals surface area contributed by atoms with Gasteiger partial charge in [-0.25, -0.2) is 9.97 Å². The molecule has 7 heteroatoms. The van der Waals surface area contributed by atoms with Crippen LogP contribution in [0.5, 0.6) is 0 Å². The van der Waals surface area contributed by atoms with Crippen molar-refractivity contribution >= 4 is 28.3 Å². The first-order valence-electron chi connectivity index (χ1n) is 8.94. The molecule has 0 saturated heterocycles. The fourth-order valence-electron chi connectivity index (χ4n) is 3.52. The number of pyridine rings is 1. The lowest BCUT2D eigenvalue weighted by Crippen LogP contribution is -2.27. The summed E-state index contributed by atoms with van der Waals surface area (Å²) in [6.45, 7) is 7.91. The normalized spacial score (nSPS) is 15.4. The van der Waals surface area contributed by atoms with Crippen LogP contribution in [0.2, 0.25) is 0 Å². The summed E-state index contributed by atoms with van der Waals surface area (Å²) in [5, 5.41) is 9.49. The van der Waals surface area contributed by atoms with Crippen molar-refractivity contribution in [3.8, 4) is 0 Å². The van der Waals surface area contributed by atoms with E-state index in [-0.39, 0.29) is 11.9 Å². The molecule has 1 N–H and O–H groups in total. The highest BCUT2D eigenvalue weighted by Gasteiger charge is 2.29. The van der Waals surface area contributed by atoms with E-state index >= 15 is 0 Å². The molecule has 0 bridgehead atoms. The first kappa shape index (κ1) is 17.1. The number of thiazole rings is 1. The first-order chi connectivity index (χ1) is 12.3. The monoisotopic (exact) mass is 369 g/mol. The van der Waals surface area contributed by atoms with Crippen molar-refractivity contribution in [3.05, 3.63) is 38.6 Å². The van der Waals surface area contributed by atoms with Gasteiger partial charge in [-0.15, -0.1) is 11.3 Å². The number of carbonyl (C=O) groups is 1. The van der Waals surface area contributed by atoms with Gasteiger partial charge in [-0.1, -0.05) is 0 Å². The third-order valence-corrected chi connectivity index (χ3v) is 6.16. The van der Waals surface area contributed by atoms with Crippen LogP contribution >= 0.6 is 11.3 Å². The predicted molar refractivity (Wildman–Crippen MR) is 103 cm³/mol. The fourth-order valence-corrected chi connectivity index (χ4v) is 4.45. The van der Waals surface area contributed by atoms with Gasteiger partial charge in [0.05, 0.1) is 33.4 Å². The Morgan fingerprint density at radius 1 is 1.27 bits per heavy atom. The minimum absolute atomic E-state index is 0.0756. The lowest BCUT2D eigenvalue weighted by Gasteiger charge is -2.14. The molecule has 1 fully saturated rings. The zero-order chi connectivity index (χ0) is 18.6. The van der Waals surface area contributed by atoms with Crippen molar-refractivity contribution in [2.45, 2.75) is 52.5 Å². The van der Waals surface area contributed by atoms with Crippen molar-refractivity contribution in [1.29, 1.82) is 0 Å². The number of carbonyl (C=O) groups excluding carboxylic acids is 1. The van der Waals surface area contributed by atoms with Crippen molar-refractivity contribution in [1.82, 2.24) is 25.1 Å². The van der Waals surface area contributed by atoms with Crippen LogP contribution in [0.1, 0.15) is 69.0 Å². The minimum Gasteiger partial charge on any atom is -0.345 e. The molecule has 1 aliphatic carbocycles. The lowest BCUT2D eigenvalue weighted by atomic mass is 10.1. The molecule has 6 nitrogen and oxygen atoms in total. The van der Waals surface area contributed by atoms with Crippen LogP contribution in [-0.4, -0.2) is 25.7 Å². The molecule has 1 unspecified atom stereocenters. The topological polar surface area (TPSA) is 72.7 Å². The Bertz CT molecular complexity index is 1010. The van der Waals surface area contributed by atoms with Crippen LogP contribution in [-0.2, 0) is 7.05 Å². The van der Waals surface area contributed by atoms with Gasteiger partial charge in [-0.2, -0.15) is 5.10 Å². The molecular formula is C19H23N5OS. The van der Waals surface area contributed by atoms with Gasteiger partial charge in [0.2, 0.25) is 0 Å². The molecule has 3 aromatic rings. The van der Waals surface area contributed by atoms with E-state index in [4.69, 9.17) is 4.98 Å². The summed E-state index contributed by atoms with van der Waals surface area (Å²) in [5.41, 5.74) is 4.28. The molecule has 0 aromatic carbocycles. The molecule has 1 atom stereocenters. The molecule has 1 saturated carbocycles. The van der Waals surface area contributed by atoms with Crippen LogP contribution in [0, 0.1) is 20.8 Å². The molecule has 0 spiro atoms. The van der Waals surface area contributed by atoms with Gasteiger partial charge in [-0.05, 0) is 46.6 Å². The highest BCUT2D eigenvalue weighted by molar-refractivity contribution is 7.11. The van der Waals surface area contributed by atoms with Gasteiger partial charge in [-0.3, -0.25) is 9.48 Å². The molecule has 3 aromatic heterocycles. The van der Waals surface area contributed by atoms with E-state index in [2.05, 4.69) is 15.4 Å². The fraction of sp³-hybridized carbons (Fsp3) is 0.474. The molecule has 0 aliphatic heterocycles. The Morgan fingerprint density at radius 2 is 2.00 bits per heavy atom. The highest BCUT2D eigenvalue weighted by Crippen LogP contribution is 2.40. The van der Waals surface area contributed by atoms with Gasteiger partial charge in [0.15, 0.2) is 5.65 Å². The second-order valence-electron chi connectivity index (χ2n) is 7.15. The van der Waals surface area contributed by atoms with E-state index in [0.29, 0.717) is 11.5 Å². The van der Waals surface area contributed by atoms with Gasteiger partial charge >= 0.3 is 0 Å². The minimum atomic E-state index is -0.0849. The number of aromatic nitrogens is 4. The maximum absolute atomic E-state index is 13.1. The summed E-state index contributed by atoms with van der Waals surface area (Å²) in [7, 11) is 1.88. The van der Waals surface area contributed by atoms with Crippen LogP contribution in [0.15, 0.2) is 6.07 Å². The maximum atomic E-state index is 13.1. The quantitative estimate of drug-likeness (QED) is 0.761. The van der Waals surface area contributed by atoms with Gasteiger partial charge < -0.3 is 5.32 Å². The van der Waals surface area contributed by atoms with E-state index in [0.717, 1.165) is 50.8 Å². The Hall–Kier alpha value is -2.28. The number of amides is 1. The van der Waals surface area contributed by atoms with Crippen LogP contribution in [0.4, 0.5) is 0 Å². The molecule has 1 amide bonds. The summed E-state index contributed by atoms with van der Waals surface area (Å²) in [6, 6.07) is 1.87. The lowest BCUT2D eigenvalue weighted by molar-refractivity contribution is 0.0942. The number of hydrogen-bond acceptors (Lipinski definition) is 5. The molecule has 0 radical (unpaired) electrons. The van der Waals surface area contributed by atoms with E-state index in [1.54, 1.807) is 16.0 Å². The summed E-state index contributed by atoms with van der Waals surface area (Å²) < 4.78 is 1.77. The summed E-state index contributed by atoms with van der Waals surface area (Å²) >= 11 is 1.63. The third-order valence-electron chi connectivity index (χ3n) is 4.91. The standard InChI is InChI=1S/C19H23N5OS/c1-9-16-14(8-15(13-6-7-13)22-18(16)24(5)23-9)19(25)21-11(3)17-10(2)20-12(4)26-17/h8,11,13H,6-7H2,1-5H3,(H,21,25). The molecule has 136 valence electrons. The Morgan fingerprint density at radius 3 is 2.62 bits per heavy atom. The second kappa shape index (κ2) is 6.16. The van der Waals surface area contributed by atoms with Gasteiger partial charge in [0.1, 0.15) is 0 Å². The number of hydrogen-bond donors (Lipinski definition) is 1. The summed E-state index contributed by atoms with van der Waals surface area (Å²) in [4.78, 5) is 23.5. The molecular weight excluding hydrogens is 346 g/mol. The smallest absolute Gasteiger partial charge is 0.252 e. The average Bonchev–Trinajstić information content (AvgIpc) is 3.32. The number of aryl methyl sites for hydroxylation is 4. The average molecular weight is 369 g/mol. The van der Waals surface area contributed by atoms with E-state index in [1.807, 2.05) is 40.8 Å². The van der Waals surface area contributed by atoms with Crippen molar-refractivity contribution in [2.24, 2.45) is 7.05 Å². The largest absolute Gasteiger partial charge is 0.345 e. The molecule has 1 aliphatic rings. The Kier molecular flexibility index (Phi) is 4.06. The van der Waals surface area contributed by atoms with E-state index < -0.39 is 0 Å². The van der Waals surface area contributed by atoms with Gasteiger partial charge in [0.25, 0.3) is 5.91 Å². The van der Waals surface area contributed by atoms with E-state index in [9.17, 15) is 4.79 Å². The van der Waals surface area contributed by atoms with Crippen LogP contribution in [0.25, 0.3) is 11.0 Å². The zero-order valence-electron chi connectivity index (χ0n) is 15.8. The van der Waals surface area contributed by atoms with Crippen molar-refractivity contribution in [3.63, 3.8) is 0 Å². The first-order valence-corrected chi connectivity index (χ1v) is 9.75. The third kappa shape index (κ3) is 2.90. The van der Waals surface area contributed by atoms with E-state index in [1.165, 1.54) is 0 Å². The molecule has 3 heterocycles. The number of rotatable bonds is 4. The Labute approximate surface area is 156 Å². The summed E-state index contributed by atoms with van der Waals surface area (Å²) in [5.74, 6) is 0.401. The molecule has 26 heavy (non-hydrogen) atoms. The second-order valence-corrected chi connectivity index (χ2v) is 8.39. The number of nitrogens with one attached hydrogen (secondary N) is 1.